The number of hydrogen-bond donors (Lipinski definition) is 0. The van der Waals surface area contributed by atoms with E-state index >= 15 is 0 Å². The summed E-state index contributed by atoms with van der Waals surface area (Å²) in [6.45, 7) is 3.67. The van der Waals surface area contributed by atoms with Crippen LogP contribution in [0, 0.1) is 0 Å². The highest BCUT2D eigenvalue weighted by Gasteiger charge is 2.38. The molecule has 1 atom stereocenters. The van der Waals surface area contributed by atoms with Gasteiger partial charge < -0.3 is 14.2 Å². The number of methoxy groups -OCH3 is 3. The first-order valence-corrected chi connectivity index (χ1v) is 4.87. The van der Waals surface area contributed by atoms with E-state index in [1.807, 2.05) is 0 Å². The average Bonchev–Trinajstić information content (AvgIpc) is 2.31. The van der Waals surface area contributed by atoms with Crippen LogP contribution in [0.1, 0.15) is 6.42 Å². The molecule has 88 valence electrons. The molecule has 0 saturated carbocycles. The molecule has 0 heterocycles. The third-order valence-corrected chi connectivity index (χ3v) is 2.54. The van der Waals surface area contributed by atoms with Crippen LogP contribution in [-0.2, 0) is 19.0 Å². The summed E-state index contributed by atoms with van der Waals surface area (Å²) in [4.78, 5) is 11.6. The lowest BCUT2D eigenvalue weighted by molar-refractivity contribution is -0.115. The van der Waals surface area contributed by atoms with Gasteiger partial charge in [0.05, 0.1) is 14.2 Å². The molecule has 0 fully saturated rings. The lowest BCUT2D eigenvalue weighted by Gasteiger charge is -2.32. The fourth-order valence-electron chi connectivity index (χ4n) is 1.67. The van der Waals surface area contributed by atoms with Crippen molar-refractivity contribution < 1.29 is 19.0 Å². The molecule has 0 N–H and O–H groups in total. The molecule has 0 aromatic heterocycles. The molecule has 0 aliphatic heterocycles. The van der Waals surface area contributed by atoms with E-state index in [-0.39, 0.29) is 11.5 Å². The van der Waals surface area contributed by atoms with Gasteiger partial charge in [-0.1, -0.05) is 6.08 Å². The van der Waals surface area contributed by atoms with Gasteiger partial charge in [0, 0.05) is 25.7 Å². The maximum atomic E-state index is 11.6. The van der Waals surface area contributed by atoms with Gasteiger partial charge in [-0.2, -0.15) is 0 Å². The molecule has 1 rings (SSSR count). The fourth-order valence-corrected chi connectivity index (χ4v) is 1.67. The van der Waals surface area contributed by atoms with Gasteiger partial charge in [0.1, 0.15) is 5.76 Å². The highest BCUT2D eigenvalue weighted by atomic mass is 16.5. The third kappa shape index (κ3) is 2.02. The highest BCUT2D eigenvalue weighted by Crippen LogP contribution is 2.33. The SMILES string of the molecule is C=CCC1(OC)C=C(OC)C(=O)C=C1OC. The van der Waals surface area contributed by atoms with Crippen molar-refractivity contribution in [3.8, 4) is 0 Å². The zero-order valence-electron chi connectivity index (χ0n) is 9.78. The molecule has 0 aromatic carbocycles. The van der Waals surface area contributed by atoms with Crippen molar-refractivity contribution in [1.82, 2.24) is 0 Å². The number of hydrogen-bond acceptors (Lipinski definition) is 4. The molecule has 1 aliphatic rings. The monoisotopic (exact) mass is 224 g/mol. The second-order valence-electron chi connectivity index (χ2n) is 3.38. The Labute approximate surface area is 95.2 Å². The quantitative estimate of drug-likeness (QED) is 0.665. The molecule has 0 saturated heterocycles. The van der Waals surface area contributed by atoms with E-state index < -0.39 is 5.60 Å². The topological polar surface area (TPSA) is 44.8 Å². The highest BCUT2D eigenvalue weighted by molar-refractivity contribution is 6.04. The van der Waals surface area contributed by atoms with E-state index in [1.165, 1.54) is 20.3 Å². The van der Waals surface area contributed by atoms with Gasteiger partial charge in [-0.25, -0.2) is 0 Å². The van der Waals surface area contributed by atoms with Gasteiger partial charge in [-0.05, 0) is 0 Å². The third-order valence-electron chi connectivity index (χ3n) is 2.54. The summed E-state index contributed by atoms with van der Waals surface area (Å²) >= 11 is 0. The maximum Gasteiger partial charge on any atom is 0.223 e. The molecule has 0 amide bonds. The molecule has 0 aromatic rings. The van der Waals surface area contributed by atoms with Crippen LogP contribution in [0.3, 0.4) is 0 Å². The Morgan fingerprint density at radius 3 is 2.50 bits per heavy atom. The van der Waals surface area contributed by atoms with Crippen molar-refractivity contribution in [2.75, 3.05) is 21.3 Å². The van der Waals surface area contributed by atoms with Gasteiger partial charge in [0.15, 0.2) is 11.4 Å². The number of carbonyl (C=O) groups is 1. The number of allylic oxidation sites excluding steroid dienone is 1. The molecule has 0 radical (unpaired) electrons. The van der Waals surface area contributed by atoms with Crippen LogP contribution >= 0.6 is 0 Å². The Kier molecular flexibility index (Phi) is 3.90. The summed E-state index contributed by atoms with van der Waals surface area (Å²) < 4.78 is 15.6. The summed E-state index contributed by atoms with van der Waals surface area (Å²) in [6, 6.07) is 0. The average molecular weight is 224 g/mol. The summed E-state index contributed by atoms with van der Waals surface area (Å²) in [6.07, 6.45) is 5.21. The number of rotatable bonds is 5. The van der Waals surface area contributed by atoms with Crippen LogP contribution in [0.4, 0.5) is 0 Å². The van der Waals surface area contributed by atoms with Gasteiger partial charge in [0.2, 0.25) is 5.78 Å². The lowest BCUT2D eigenvalue weighted by Crippen LogP contribution is -2.36. The minimum atomic E-state index is -0.796. The van der Waals surface area contributed by atoms with E-state index in [4.69, 9.17) is 14.2 Å². The zero-order valence-corrected chi connectivity index (χ0v) is 9.78. The molecule has 0 spiro atoms. The van der Waals surface area contributed by atoms with Crippen molar-refractivity contribution in [3.63, 3.8) is 0 Å². The summed E-state index contributed by atoms with van der Waals surface area (Å²) in [5.41, 5.74) is -0.796. The predicted octanol–water partition coefficient (Wildman–Crippen LogP) is 1.59. The summed E-state index contributed by atoms with van der Waals surface area (Å²) in [7, 11) is 4.50. The Hall–Kier alpha value is -1.55. The second-order valence-corrected chi connectivity index (χ2v) is 3.38. The van der Waals surface area contributed by atoms with E-state index in [0.717, 1.165) is 0 Å². The largest absolute Gasteiger partial charge is 0.498 e. The van der Waals surface area contributed by atoms with Crippen LogP contribution in [-0.4, -0.2) is 32.7 Å². The van der Waals surface area contributed by atoms with E-state index in [2.05, 4.69) is 6.58 Å². The summed E-state index contributed by atoms with van der Waals surface area (Å²) in [5.74, 6) is 0.487. The Morgan fingerprint density at radius 1 is 1.38 bits per heavy atom. The van der Waals surface area contributed by atoms with E-state index in [0.29, 0.717) is 12.2 Å². The number of ketones is 1. The molecule has 0 bridgehead atoms. The molecular weight excluding hydrogens is 208 g/mol. The van der Waals surface area contributed by atoms with E-state index in [1.54, 1.807) is 19.3 Å². The van der Waals surface area contributed by atoms with Crippen molar-refractivity contribution in [2.24, 2.45) is 0 Å². The smallest absolute Gasteiger partial charge is 0.223 e. The normalized spacial score (nSPS) is 24.6. The minimum Gasteiger partial charge on any atom is -0.498 e. The van der Waals surface area contributed by atoms with Crippen molar-refractivity contribution in [3.05, 3.63) is 36.3 Å². The van der Waals surface area contributed by atoms with Crippen LogP contribution in [0.25, 0.3) is 0 Å². The first-order chi connectivity index (χ1) is 7.63. The first kappa shape index (κ1) is 12.5. The maximum absolute atomic E-state index is 11.6. The Morgan fingerprint density at radius 2 is 2.06 bits per heavy atom. The van der Waals surface area contributed by atoms with E-state index in [9.17, 15) is 4.79 Å². The van der Waals surface area contributed by atoms with Crippen LogP contribution in [0.2, 0.25) is 0 Å². The molecular formula is C12H16O4. The number of carbonyl (C=O) groups excluding carboxylic acids is 1. The van der Waals surface area contributed by atoms with Gasteiger partial charge in [-0.3, -0.25) is 4.79 Å². The predicted molar refractivity (Wildman–Crippen MR) is 59.7 cm³/mol. The van der Waals surface area contributed by atoms with Crippen LogP contribution in [0.15, 0.2) is 36.3 Å². The van der Waals surface area contributed by atoms with Crippen molar-refractivity contribution >= 4 is 5.78 Å². The van der Waals surface area contributed by atoms with Gasteiger partial charge in [0.25, 0.3) is 0 Å². The first-order valence-electron chi connectivity index (χ1n) is 4.87. The second kappa shape index (κ2) is 4.99. The Balaban J connectivity index is 3.20. The molecule has 1 aliphatic carbocycles. The van der Waals surface area contributed by atoms with Crippen LogP contribution < -0.4 is 0 Å². The molecule has 4 nitrogen and oxygen atoms in total. The van der Waals surface area contributed by atoms with Crippen molar-refractivity contribution in [2.45, 2.75) is 12.0 Å². The van der Waals surface area contributed by atoms with Crippen molar-refractivity contribution in [1.29, 1.82) is 0 Å². The summed E-state index contributed by atoms with van der Waals surface area (Å²) in [5, 5.41) is 0. The molecule has 4 heteroatoms. The standard InChI is InChI=1S/C12H16O4/c1-5-6-12(16-4)8-10(14-2)9(13)7-11(12)15-3/h5,7-8H,1,6H2,2-4H3. The Bertz CT molecular complexity index is 354. The minimum absolute atomic E-state index is 0.226. The number of ether oxygens (including phenoxy) is 3. The fraction of sp³-hybridized carbons (Fsp3) is 0.417. The van der Waals surface area contributed by atoms with Gasteiger partial charge in [-0.15, -0.1) is 6.58 Å². The van der Waals surface area contributed by atoms with Gasteiger partial charge >= 0.3 is 0 Å². The zero-order chi connectivity index (χ0) is 12.2. The molecule has 16 heavy (non-hydrogen) atoms. The molecule has 1 unspecified atom stereocenters. The van der Waals surface area contributed by atoms with Crippen LogP contribution in [0.5, 0.6) is 0 Å². The lowest BCUT2D eigenvalue weighted by atomic mass is 9.90.